The van der Waals surface area contributed by atoms with Gasteiger partial charge in [-0.15, -0.1) is 0 Å². The number of benzene rings is 1. The highest BCUT2D eigenvalue weighted by atomic mass is 15.3. The molecule has 0 aromatic heterocycles. The standard InChI is InChI=1S/C16H24N2/c1-16(2,3)18-11-10-17-9-8-13-6-4-5-7-14(13)15(17)12-18/h4-7,15H,8-12H2,1-3H3. The van der Waals surface area contributed by atoms with Crippen molar-refractivity contribution in [2.24, 2.45) is 0 Å². The second-order valence-corrected chi connectivity index (χ2v) is 6.62. The summed E-state index contributed by atoms with van der Waals surface area (Å²) >= 11 is 0. The Bertz CT molecular complexity index is 433. The number of rotatable bonds is 0. The van der Waals surface area contributed by atoms with E-state index in [1.807, 2.05) is 0 Å². The Morgan fingerprint density at radius 2 is 1.83 bits per heavy atom. The van der Waals surface area contributed by atoms with Crippen molar-refractivity contribution in [3.63, 3.8) is 0 Å². The molecule has 0 N–H and O–H groups in total. The lowest BCUT2D eigenvalue weighted by Crippen LogP contribution is -2.56. The van der Waals surface area contributed by atoms with Crippen molar-refractivity contribution in [1.29, 1.82) is 0 Å². The molecule has 2 aliphatic heterocycles. The van der Waals surface area contributed by atoms with Crippen LogP contribution in [0.5, 0.6) is 0 Å². The first kappa shape index (κ1) is 12.2. The second kappa shape index (κ2) is 4.36. The molecule has 98 valence electrons. The molecular formula is C16H24N2. The van der Waals surface area contributed by atoms with Crippen LogP contribution in [0.1, 0.15) is 37.9 Å². The van der Waals surface area contributed by atoms with E-state index < -0.39 is 0 Å². The first-order chi connectivity index (χ1) is 8.55. The van der Waals surface area contributed by atoms with E-state index in [2.05, 4.69) is 54.8 Å². The molecule has 0 spiro atoms. The summed E-state index contributed by atoms with van der Waals surface area (Å²) in [5.41, 5.74) is 3.42. The predicted octanol–water partition coefficient (Wildman–Crippen LogP) is 2.70. The largest absolute Gasteiger partial charge is 0.295 e. The van der Waals surface area contributed by atoms with Gasteiger partial charge >= 0.3 is 0 Å². The maximum absolute atomic E-state index is 2.67. The van der Waals surface area contributed by atoms with E-state index in [-0.39, 0.29) is 0 Å². The summed E-state index contributed by atoms with van der Waals surface area (Å²) in [5.74, 6) is 0. The molecular weight excluding hydrogens is 220 g/mol. The molecule has 1 aromatic carbocycles. The summed E-state index contributed by atoms with van der Waals surface area (Å²) in [5, 5.41) is 0. The summed E-state index contributed by atoms with van der Waals surface area (Å²) in [6, 6.07) is 9.63. The number of hydrogen-bond acceptors (Lipinski definition) is 2. The molecule has 0 saturated carbocycles. The number of fused-ring (bicyclic) bond motifs is 3. The maximum atomic E-state index is 2.67. The van der Waals surface area contributed by atoms with E-state index in [0.29, 0.717) is 11.6 Å². The molecule has 1 atom stereocenters. The van der Waals surface area contributed by atoms with Gasteiger partial charge in [0.25, 0.3) is 0 Å². The molecule has 2 nitrogen and oxygen atoms in total. The van der Waals surface area contributed by atoms with Crippen LogP contribution < -0.4 is 0 Å². The minimum Gasteiger partial charge on any atom is -0.295 e. The van der Waals surface area contributed by atoms with Crippen LogP contribution in [0.25, 0.3) is 0 Å². The summed E-state index contributed by atoms with van der Waals surface area (Å²) in [4.78, 5) is 5.31. The van der Waals surface area contributed by atoms with Crippen LogP contribution in [-0.4, -0.2) is 41.5 Å². The third kappa shape index (κ3) is 2.08. The molecule has 1 unspecified atom stereocenters. The van der Waals surface area contributed by atoms with Crippen molar-refractivity contribution in [3.8, 4) is 0 Å². The van der Waals surface area contributed by atoms with Gasteiger partial charge in [0.1, 0.15) is 0 Å². The number of piperazine rings is 1. The summed E-state index contributed by atoms with van der Waals surface area (Å²) in [6.07, 6.45) is 1.22. The van der Waals surface area contributed by atoms with Crippen molar-refractivity contribution in [2.75, 3.05) is 26.2 Å². The van der Waals surface area contributed by atoms with Gasteiger partial charge in [0, 0.05) is 37.8 Å². The molecule has 1 fully saturated rings. The fraction of sp³-hybridized carbons (Fsp3) is 0.625. The normalized spacial score (nSPS) is 25.6. The van der Waals surface area contributed by atoms with Gasteiger partial charge in [0.2, 0.25) is 0 Å². The van der Waals surface area contributed by atoms with Crippen LogP contribution >= 0.6 is 0 Å². The molecule has 2 aliphatic rings. The van der Waals surface area contributed by atoms with E-state index in [0.717, 1.165) is 0 Å². The third-order valence-corrected chi connectivity index (χ3v) is 4.52. The van der Waals surface area contributed by atoms with Gasteiger partial charge < -0.3 is 0 Å². The molecule has 2 heteroatoms. The fourth-order valence-corrected chi connectivity index (χ4v) is 3.34. The van der Waals surface area contributed by atoms with Crippen molar-refractivity contribution in [3.05, 3.63) is 35.4 Å². The lowest BCUT2D eigenvalue weighted by molar-refractivity contribution is 0.0168. The molecule has 0 radical (unpaired) electrons. The number of hydrogen-bond donors (Lipinski definition) is 0. The zero-order valence-corrected chi connectivity index (χ0v) is 11.8. The molecule has 2 heterocycles. The van der Waals surface area contributed by atoms with Crippen LogP contribution in [0.2, 0.25) is 0 Å². The van der Waals surface area contributed by atoms with E-state index in [1.165, 1.54) is 32.6 Å². The highest BCUT2D eigenvalue weighted by Gasteiger charge is 2.35. The molecule has 3 rings (SSSR count). The SMILES string of the molecule is CC(C)(C)N1CCN2CCc3ccccc3C2C1. The van der Waals surface area contributed by atoms with Gasteiger partial charge in [-0.2, -0.15) is 0 Å². The lowest BCUT2D eigenvalue weighted by atomic mass is 9.89. The monoisotopic (exact) mass is 244 g/mol. The zero-order chi connectivity index (χ0) is 12.8. The molecule has 0 aliphatic carbocycles. The van der Waals surface area contributed by atoms with Gasteiger partial charge in [0.15, 0.2) is 0 Å². The molecule has 1 saturated heterocycles. The smallest absolute Gasteiger partial charge is 0.0478 e. The zero-order valence-electron chi connectivity index (χ0n) is 11.8. The average molecular weight is 244 g/mol. The Morgan fingerprint density at radius 3 is 2.61 bits per heavy atom. The molecule has 0 amide bonds. The Balaban J connectivity index is 1.89. The Kier molecular flexibility index (Phi) is 2.95. The topological polar surface area (TPSA) is 6.48 Å². The average Bonchev–Trinajstić information content (AvgIpc) is 2.37. The first-order valence-corrected chi connectivity index (χ1v) is 7.12. The minimum atomic E-state index is 0.290. The van der Waals surface area contributed by atoms with Gasteiger partial charge in [0.05, 0.1) is 0 Å². The van der Waals surface area contributed by atoms with Crippen LogP contribution in [0, 0.1) is 0 Å². The third-order valence-electron chi connectivity index (χ3n) is 4.52. The van der Waals surface area contributed by atoms with Gasteiger partial charge in [-0.05, 0) is 38.3 Å². The van der Waals surface area contributed by atoms with Crippen LogP contribution in [0.3, 0.4) is 0 Å². The van der Waals surface area contributed by atoms with Gasteiger partial charge in [-0.3, -0.25) is 9.80 Å². The second-order valence-electron chi connectivity index (χ2n) is 6.62. The van der Waals surface area contributed by atoms with E-state index in [9.17, 15) is 0 Å². The summed E-state index contributed by atoms with van der Waals surface area (Å²) in [7, 11) is 0. The first-order valence-electron chi connectivity index (χ1n) is 7.12. The summed E-state index contributed by atoms with van der Waals surface area (Å²) < 4.78 is 0. The Morgan fingerprint density at radius 1 is 1.06 bits per heavy atom. The van der Waals surface area contributed by atoms with Gasteiger partial charge in [-0.25, -0.2) is 0 Å². The highest BCUT2D eigenvalue weighted by Crippen LogP contribution is 2.34. The van der Waals surface area contributed by atoms with Crippen molar-refractivity contribution in [2.45, 2.75) is 38.8 Å². The van der Waals surface area contributed by atoms with Gasteiger partial charge in [-0.1, -0.05) is 24.3 Å². The van der Waals surface area contributed by atoms with Crippen molar-refractivity contribution < 1.29 is 0 Å². The van der Waals surface area contributed by atoms with Crippen LogP contribution in [0.4, 0.5) is 0 Å². The van der Waals surface area contributed by atoms with E-state index in [4.69, 9.17) is 0 Å². The predicted molar refractivity (Wildman–Crippen MR) is 75.8 cm³/mol. The van der Waals surface area contributed by atoms with Crippen LogP contribution in [0.15, 0.2) is 24.3 Å². The Labute approximate surface area is 111 Å². The van der Waals surface area contributed by atoms with Crippen molar-refractivity contribution >= 4 is 0 Å². The van der Waals surface area contributed by atoms with Crippen molar-refractivity contribution in [1.82, 2.24) is 9.80 Å². The highest BCUT2D eigenvalue weighted by molar-refractivity contribution is 5.33. The quantitative estimate of drug-likeness (QED) is 0.692. The minimum absolute atomic E-state index is 0.290. The summed E-state index contributed by atoms with van der Waals surface area (Å²) in [6.45, 7) is 11.8. The van der Waals surface area contributed by atoms with E-state index >= 15 is 0 Å². The molecule has 0 bridgehead atoms. The molecule has 18 heavy (non-hydrogen) atoms. The maximum Gasteiger partial charge on any atom is 0.0478 e. The van der Waals surface area contributed by atoms with E-state index in [1.54, 1.807) is 11.1 Å². The number of nitrogens with zero attached hydrogens (tertiary/aromatic N) is 2. The Hall–Kier alpha value is -0.860. The lowest BCUT2D eigenvalue weighted by Gasteiger charge is -2.49. The fourth-order valence-electron chi connectivity index (χ4n) is 3.34. The molecule has 1 aromatic rings. The van der Waals surface area contributed by atoms with Crippen LogP contribution in [-0.2, 0) is 6.42 Å².